The molecule has 1 N–H and O–H groups in total. The Morgan fingerprint density at radius 1 is 1.33 bits per heavy atom. The first-order valence-electron chi connectivity index (χ1n) is 6.47. The van der Waals surface area contributed by atoms with Crippen LogP contribution in [0.4, 0.5) is 0 Å². The van der Waals surface area contributed by atoms with Gasteiger partial charge in [-0.15, -0.1) is 0 Å². The van der Waals surface area contributed by atoms with E-state index in [1.807, 2.05) is 30.3 Å². The second-order valence-corrected chi connectivity index (χ2v) is 6.48. The lowest BCUT2D eigenvalue weighted by atomic mass is 10.1. The molecule has 0 saturated carbocycles. The van der Waals surface area contributed by atoms with Gasteiger partial charge >= 0.3 is 0 Å². The van der Waals surface area contributed by atoms with Gasteiger partial charge < -0.3 is 9.26 Å². The Balaban J connectivity index is 1.97. The van der Waals surface area contributed by atoms with Gasteiger partial charge in [-0.2, -0.15) is 0 Å². The van der Waals surface area contributed by atoms with E-state index in [2.05, 4.69) is 9.88 Å². The Morgan fingerprint density at radius 2 is 2.05 bits per heavy atom. The summed E-state index contributed by atoms with van der Waals surface area (Å²) in [4.78, 5) is 0. The highest BCUT2D eigenvalue weighted by Crippen LogP contribution is 2.15. The molecular weight excluding hydrogens is 292 g/mol. The van der Waals surface area contributed by atoms with Crippen LogP contribution in [0.25, 0.3) is 0 Å². The second kappa shape index (κ2) is 6.84. The molecule has 1 unspecified atom stereocenters. The highest BCUT2D eigenvalue weighted by molar-refractivity contribution is 7.88. The average Bonchev–Trinajstić information content (AvgIpc) is 2.85. The quantitative estimate of drug-likeness (QED) is 0.843. The predicted octanol–water partition coefficient (Wildman–Crippen LogP) is 1.79. The Bertz CT molecular complexity index is 667. The molecule has 0 fully saturated rings. The van der Waals surface area contributed by atoms with Crippen LogP contribution in [0.15, 0.2) is 40.9 Å². The van der Waals surface area contributed by atoms with Gasteiger partial charge in [0.1, 0.15) is 17.2 Å². The van der Waals surface area contributed by atoms with Gasteiger partial charge in [0.15, 0.2) is 0 Å². The smallest absolute Gasteiger partial charge is 0.217 e. The van der Waals surface area contributed by atoms with Gasteiger partial charge in [0, 0.05) is 19.7 Å². The first kappa shape index (κ1) is 15.7. The summed E-state index contributed by atoms with van der Waals surface area (Å²) in [7, 11) is -1.94. The highest BCUT2D eigenvalue weighted by Gasteiger charge is 2.18. The molecule has 0 amide bonds. The third-order valence-corrected chi connectivity index (χ3v) is 4.24. The van der Waals surface area contributed by atoms with Gasteiger partial charge in [-0.3, -0.25) is 0 Å². The number of nitrogens with zero attached hydrogens (tertiary/aromatic N) is 1. The van der Waals surface area contributed by atoms with Crippen LogP contribution in [0.2, 0.25) is 0 Å². The minimum atomic E-state index is -3.49. The SMILES string of the molecule is COC(CNS(=O)(=O)Cc1cc(C)on1)c1ccccc1. The number of nitrogens with one attached hydrogen (secondary N) is 1. The van der Waals surface area contributed by atoms with E-state index in [1.165, 1.54) is 0 Å². The molecule has 2 aromatic rings. The summed E-state index contributed by atoms with van der Waals surface area (Å²) in [6, 6.07) is 11.0. The molecular formula is C14H18N2O4S. The van der Waals surface area contributed by atoms with Crippen LogP contribution in [0.1, 0.15) is 23.1 Å². The van der Waals surface area contributed by atoms with Crippen molar-refractivity contribution in [3.05, 3.63) is 53.4 Å². The van der Waals surface area contributed by atoms with Gasteiger partial charge in [-0.25, -0.2) is 13.1 Å². The maximum atomic E-state index is 12.0. The molecule has 0 radical (unpaired) electrons. The van der Waals surface area contributed by atoms with Crippen molar-refractivity contribution >= 4 is 10.0 Å². The summed E-state index contributed by atoms with van der Waals surface area (Å²) in [5, 5.41) is 3.68. The Kier molecular flexibility index (Phi) is 5.11. The molecule has 2 rings (SSSR count). The number of aryl methyl sites for hydroxylation is 1. The molecule has 1 heterocycles. The monoisotopic (exact) mass is 310 g/mol. The fraction of sp³-hybridized carbons (Fsp3) is 0.357. The van der Waals surface area contributed by atoms with Gasteiger partial charge in [0.2, 0.25) is 10.0 Å². The van der Waals surface area contributed by atoms with Crippen LogP contribution in [0, 0.1) is 6.92 Å². The minimum absolute atomic E-state index is 0.166. The zero-order valence-corrected chi connectivity index (χ0v) is 12.8. The van der Waals surface area contributed by atoms with E-state index in [1.54, 1.807) is 20.1 Å². The number of hydrogen-bond donors (Lipinski definition) is 1. The molecule has 1 aromatic heterocycles. The number of benzene rings is 1. The van der Waals surface area contributed by atoms with E-state index < -0.39 is 10.0 Å². The molecule has 0 aliphatic carbocycles. The number of aromatic nitrogens is 1. The fourth-order valence-corrected chi connectivity index (χ4v) is 2.97. The lowest BCUT2D eigenvalue weighted by Gasteiger charge is -2.16. The third kappa shape index (κ3) is 4.66. The van der Waals surface area contributed by atoms with Crippen molar-refractivity contribution < 1.29 is 17.7 Å². The summed E-state index contributed by atoms with van der Waals surface area (Å²) in [5.74, 6) is 0.370. The van der Waals surface area contributed by atoms with Crippen molar-refractivity contribution in [3.63, 3.8) is 0 Å². The van der Waals surface area contributed by atoms with Crippen molar-refractivity contribution in [3.8, 4) is 0 Å². The van der Waals surface area contributed by atoms with Crippen molar-refractivity contribution in [1.82, 2.24) is 9.88 Å². The standard InChI is InChI=1S/C14H18N2O4S/c1-11-8-13(16-20-11)10-21(17,18)15-9-14(19-2)12-6-4-3-5-7-12/h3-8,14-15H,9-10H2,1-2H3. The molecule has 1 atom stereocenters. The maximum absolute atomic E-state index is 12.0. The minimum Gasteiger partial charge on any atom is -0.375 e. The number of ether oxygens (including phenoxy) is 1. The molecule has 1 aromatic carbocycles. The molecule has 6 nitrogen and oxygen atoms in total. The van der Waals surface area contributed by atoms with E-state index in [4.69, 9.17) is 9.26 Å². The van der Waals surface area contributed by atoms with Crippen LogP contribution in [-0.2, 0) is 20.5 Å². The van der Waals surface area contributed by atoms with Gasteiger partial charge in [-0.05, 0) is 12.5 Å². The zero-order chi connectivity index (χ0) is 15.3. The Morgan fingerprint density at radius 3 is 2.62 bits per heavy atom. The number of rotatable bonds is 7. The van der Waals surface area contributed by atoms with Crippen LogP contribution in [0.5, 0.6) is 0 Å². The molecule has 0 aliphatic rings. The molecule has 0 spiro atoms. The first-order valence-corrected chi connectivity index (χ1v) is 8.12. The lowest BCUT2D eigenvalue weighted by molar-refractivity contribution is 0.107. The normalized spacial score (nSPS) is 13.2. The molecule has 114 valence electrons. The molecule has 0 saturated heterocycles. The van der Waals surface area contributed by atoms with E-state index in [0.717, 1.165) is 5.56 Å². The number of sulfonamides is 1. The van der Waals surface area contributed by atoms with Crippen molar-refractivity contribution in [2.75, 3.05) is 13.7 Å². The molecule has 0 bridgehead atoms. The molecule has 21 heavy (non-hydrogen) atoms. The third-order valence-electron chi connectivity index (χ3n) is 2.96. The van der Waals surface area contributed by atoms with Crippen LogP contribution >= 0.6 is 0 Å². The van der Waals surface area contributed by atoms with E-state index in [9.17, 15) is 8.42 Å². The van der Waals surface area contributed by atoms with Gasteiger partial charge in [-0.1, -0.05) is 35.5 Å². The van der Waals surface area contributed by atoms with Crippen molar-refractivity contribution in [2.45, 2.75) is 18.8 Å². The van der Waals surface area contributed by atoms with Crippen LogP contribution < -0.4 is 4.72 Å². The van der Waals surface area contributed by atoms with Crippen LogP contribution in [-0.4, -0.2) is 27.2 Å². The zero-order valence-electron chi connectivity index (χ0n) is 11.9. The summed E-state index contributed by atoms with van der Waals surface area (Å²) < 4.78 is 36.7. The van der Waals surface area contributed by atoms with Crippen molar-refractivity contribution in [2.24, 2.45) is 0 Å². The Labute approximate surface area is 124 Å². The predicted molar refractivity (Wildman–Crippen MR) is 78.1 cm³/mol. The van der Waals surface area contributed by atoms with Gasteiger partial charge in [0.05, 0.1) is 6.10 Å². The van der Waals surface area contributed by atoms with E-state index in [-0.39, 0.29) is 18.4 Å². The first-order chi connectivity index (χ1) is 10.00. The fourth-order valence-electron chi connectivity index (χ4n) is 1.94. The van der Waals surface area contributed by atoms with Crippen LogP contribution in [0.3, 0.4) is 0 Å². The molecule has 7 heteroatoms. The summed E-state index contributed by atoms with van der Waals surface area (Å²) >= 11 is 0. The summed E-state index contributed by atoms with van der Waals surface area (Å²) in [6.07, 6.45) is -0.333. The summed E-state index contributed by atoms with van der Waals surface area (Å²) in [6.45, 7) is 1.88. The second-order valence-electron chi connectivity index (χ2n) is 4.67. The maximum Gasteiger partial charge on any atom is 0.217 e. The topological polar surface area (TPSA) is 81.4 Å². The van der Waals surface area contributed by atoms with E-state index in [0.29, 0.717) is 11.5 Å². The highest BCUT2D eigenvalue weighted by atomic mass is 32.2. The number of methoxy groups -OCH3 is 1. The van der Waals surface area contributed by atoms with Crippen molar-refractivity contribution in [1.29, 1.82) is 0 Å². The molecule has 0 aliphatic heterocycles. The van der Waals surface area contributed by atoms with E-state index >= 15 is 0 Å². The lowest BCUT2D eigenvalue weighted by Crippen LogP contribution is -2.30. The number of hydrogen-bond acceptors (Lipinski definition) is 5. The summed E-state index contributed by atoms with van der Waals surface area (Å²) in [5.41, 5.74) is 1.30. The van der Waals surface area contributed by atoms with Gasteiger partial charge in [0.25, 0.3) is 0 Å². The largest absolute Gasteiger partial charge is 0.375 e. The average molecular weight is 310 g/mol. The Hall–Kier alpha value is -1.70.